The maximum absolute atomic E-state index is 12.1. The molecule has 1 heterocycles. The molecule has 1 atom stereocenters. The predicted molar refractivity (Wildman–Crippen MR) is 98.1 cm³/mol. The number of rotatable bonds is 5. The summed E-state index contributed by atoms with van der Waals surface area (Å²) in [5.74, 6) is 0.427. The second-order valence-electron chi connectivity index (χ2n) is 6.46. The summed E-state index contributed by atoms with van der Waals surface area (Å²) < 4.78 is 13.4. The predicted octanol–water partition coefficient (Wildman–Crippen LogP) is 2.85. The van der Waals surface area contributed by atoms with Crippen LogP contribution < -0.4 is 10.6 Å². The Balaban J connectivity index is 1.96. The normalized spacial score (nSPS) is 12.7. The molecule has 2 aromatic rings. The van der Waals surface area contributed by atoms with Gasteiger partial charge in [0.15, 0.2) is 0 Å². The highest BCUT2D eigenvalue weighted by Gasteiger charge is 2.19. The number of nitrogens with one attached hydrogen (secondary N) is 2. The van der Waals surface area contributed by atoms with E-state index in [0.29, 0.717) is 18.0 Å². The van der Waals surface area contributed by atoms with Gasteiger partial charge >= 0.3 is 6.03 Å². The number of aryl methyl sites for hydroxylation is 1. The Morgan fingerprint density at radius 3 is 2.58 bits per heavy atom. The molecule has 130 valence electrons. The fraction of sp³-hybridized carbons (Fsp3) is 0.412. The number of urea groups is 1. The topological polar surface area (TPSA) is 76.0 Å². The fourth-order valence-corrected chi connectivity index (χ4v) is 2.96. The van der Waals surface area contributed by atoms with E-state index in [-0.39, 0.29) is 10.8 Å². The van der Waals surface area contributed by atoms with E-state index in [2.05, 4.69) is 15.7 Å². The van der Waals surface area contributed by atoms with Gasteiger partial charge in [-0.3, -0.25) is 4.21 Å². The number of benzene rings is 1. The van der Waals surface area contributed by atoms with Crippen molar-refractivity contribution in [2.24, 2.45) is 0 Å². The molecule has 0 fully saturated rings. The molecule has 1 aromatic heterocycles. The monoisotopic (exact) mass is 348 g/mol. The third-order valence-electron chi connectivity index (χ3n) is 3.38. The molecule has 0 aliphatic rings. The maximum Gasteiger partial charge on any atom is 0.319 e. The van der Waals surface area contributed by atoms with Crippen molar-refractivity contribution in [3.63, 3.8) is 0 Å². The SMILES string of the molecule is Cc1ccn(-c2ccccc2NC(=O)NCC[S@@](=O)C(C)(C)C)n1. The van der Waals surface area contributed by atoms with Crippen LogP contribution >= 0.6 is 0 Å². The van der Waals surface area contributed by atoms with Crippen molar-refractivity contribution in [2.75, 3.05) is 17.6 Å². The molecule has 0 aliphatic carbocycles. The molecule has 0 bridgehead atoms. The van der Waals surface area contributed by atoms with Gasteiger partial charge in [0.2, 0.25) is 0 Å². The summed E-state index contributed by atoms with van der Waals surface area (Å²) in [7, 11) is -0.988. The van der Waals surface area contributed by atoms with Crippen LogP contribution in [0.1, 0.15) is 26.5 Å². The third-order valence-corrected chi connectivity index (χ3v) is 5.32. The summed E-state index contributed by atoms with van der Waals surface area (Å²) in [6.45, 7) is 8.04. The second-order valence-corrected chi connectivity index (χ2v) is 8.79. The van der Waals surface area contributed by atoms with E-state index in [1.54, 1.807) is 4.68 Å². The first-order chi connectivity index (χ1) is 11.3. The van der Waals surface area contributed by atoms with Crippen LogP contribution in [-0.4, -0.2) is 37.1 Å². The summed E-state index contributed by atoms with van der Waals surface area (Å²) in [6.07, 6.45) is 1.85. The number of carbonyl (C=O) groups is 1. The standard InChI is InChI=1S/C17H24N4O2S/c1-13-9-11-21(20-13)15-8-6-5-7-14(15)19-16(22)18-10-12-24(23)17(2,3)4/h5-9,11H,10,12H2,1-4H3,(H2,18,19,22)/t24-/m1/s1. The van der Waals surface area contributed by atoms with Gasteiger partial charge < -0.3 is 10.6 Å². The molecule has 7 heteroatoms. The molecule has 2 rings (SSSR count). The Hall–Kier alpha value is -2.15. The molecule has 6 nitrogen and oxygen atoms in total. The van der Waals surface area contributed by atoms with Crippen molar-refractivity contribution in [3.05, 3.63) is 42.2 Å². The summed E-state index contributed by atoms with van der Waals surface area (Å²) in [6, 6.07) is 9.03. The molecule has 1 aromatic carbocycles. The molecule has 0 radical (unpaired) electrons. The number of hydrogen-bond donors (Lipinski definition) is 2. The van der Waals surface area contributed by atoms with Crippen LogP contribution in [0.25, 0.3) is 5.69 Å². The smallest absolute Gasteiger partial charge is 0.319 e. The van der Waals surface area contributed by atoms with Gasteiger partial charge in [0.05, 0.1) is 17.1 Å². The fourth-order valence-electron chi connectivity index (χ4n) is 2.06. The van der Waals surface area contributed by atoms with E-state index in [1.165, 1.54) is 0 Å². The van der Waals surface area contributed by atoms with Crippen LogP contribution in [0, 0.1) is 6.92 Å². The molecule has 0 unspecified atom stereocenters. The number of amides is 2. The summed E-state index contributed by atoms with van der Waals surface area (Å²) >= 11 is 0. The molecule has 2 amide bonds. The number of nitrogens with zero attached hydrogens (tertiary/aromatic N) is 2. The zero-order valence-electron chi connectivity index (χ0n) is 14.5. The van der Waals surface area contributed by atoms with Crippen LogP contribution in [0.15, 0.2) is 36.5 Å². The molecule has 24 heavy (non-hydrogen) atoms. The van der Waals surface area contributed by atoms with Crippen molar-refractivity contribution in [1.82, 2.24) is 15.1 Å². The maximum atomic E-state index is 12.1. The van der Waals surface area contributed by atoms with Gasteiger partial charge in [-0.15, -0.1) is 0 Å². The van der Waals surface area contributed by atoms with Crippen molar-refractivity contribution in [3.8, 4) is 5.69 Å². The van der Waals surface area contributed by atoms with Gasteiger partial charge in [0.1, 0.15) is 0 Å². The second kappa shape index (κ2) is 7.61. The Labute approximate surface area is 145 Å². The lowest BCUT2D eigenvalue weighted by atomic mass is 10.2. The minimum absolute atomic E-state index is 0.275. The van der Waals surface area contributed by atoms with Crippen molar-refractivity contribution in [2.45, 2.75) is 32.4 Å². The van der Waals surface area contributed by atoms with Gasteiger partial charge in [-0.2, -0.15) is 5.10 Å². The van der Waals surface area contributed by atoms with Crippen molar-refractivity contribution < 1.29 is 9.00 Å². The number of para-hydroxylation sites is 2. The first-order valence-electron chi connectivity index (χ1n) is 7.82. The lowest BCUT2D eigenvalue weighted by molar-refractivity contribution is 0.252. The third kappa shape index (κ3) is 4.92. The molecule has 0 aliphatic heterocycles. The Morgan fingerprint density at radius 2 is 1.96 bits per heavy atom. The van der Waals surface area contributed by atoms with Crippen LogP contribution in [0.4, 0.5) is 10.5 Å². The highest BCUT2D eigenvalue weighted by Crippen LogP contribution is 2.19. The highest BCUT2D eigenvalue weighted by molar-refractivity contribution is 7.86. The van der Waals surface area contributed by atoms with E-state index >= 15 is 0 Å². The van der Waals surface area contributed by atoms with Crippen LogP contribution in [0.3, 0.4) is 0 Å². The molecule has 0 saturated carbocycles. The van der Waals surface area contributed by atoms with Crippen LogP contribution in [-0.2, 0) is 10.8 Å². The average molecular weight is 348 g/mol. The van der Waals surface area contributed by atoms with E-state index < -0.39 is 10.8 Å². The molecule has 2 N–H and O–H groups in total. The van der Waals surface area contributed by atoms with Gasteiger partial charge in [-0.1, -0.05) is 12.1 Å². The number of anilines is 1. The quantitative estimate of drug-likeness (QED) is 0.872. The van der Waals surface area contributed by atoms with E-state index in [9.17, 15) is 9.00 Å². The first kappa shape index (κ1) is 18.2. The average Bonchev–Trinajstić information content (AvgIpc) is 2.93. The van der Waals surface area contributed by atoms with Gasteiger partial charge in [0.25, 0.3) is 0 Å². The summed E-state index contributed by atoms with van der Waals surface area (Å²) in [4.78, 5) is 12.1. The van der Waals surface area contributed by atoms with E-state index in [4.69, 9.17) is 0 Å². The van der Waals surface area contributed by atoms with Gasteiger partial charge in [-0.05, 0) is 45.9 Å². The number of aromatic nitrogens is 2. The summed E-state index contributed by atoms with van der Waals surface area (Å²) in [5.41, 5.74) is 2.35. The molecular formula is C17H24N4O2S. The highest BCUT2D eigenvalue weighted by atomic mass is 32.2. The van der Waals surface area contributed by atoms with Gasteiger partial charge in [0, 0.05) is 34.0 Å². The van der Waals surface area contributed by atoms with Crippen molar-refractivity contribution >= 4 is 22.5 Å². The van der Waals surface area contributed by atoms with E-state index in [0.717, 1.165) is 11.4 Å². The minimum atomic E-state index is -0.988. The lowest BCUT2D eigenvalue weighted by Gasteiger charge is -2.18. The van der Waals surface area contributed by atoms with Crippen LogP contribution in [0.5, 0.6) is 0 Å². The number of carbonyl (C=O) groups excluding carboxylic acids is 1. The van der Waals surface area contributed by atoms with Crippen molar-refractivity contribution in [1.29, 1.82) is 0 Å². The largest absolute Gasteiger partial charge is 0.337 e. The first-order valence-corrected chi connectivity index (χ1v) is 9.14. The molecular weight excluding hydrogens is 324 g/mol. The van der Waals surface area contributed by atoms with Crippen LogP contribution in [0.2, 0.25) is 0 Å². The zero-order valence-corrected chi connectivity index (χ0v) is 15.3. The summed E-state index contributed by atoms with van der Waals surface area (Å²) in [5, 5.41) is 9.93. The minimum Gasteiger partial charge on any atom is -0.337 e. The Morgan fingerprint density at radius 1 is 1.25 bits per heavy atom. The zero-order chi connectivity index (χ0) is 17.7. The molecule has 0 saturated heterocycles. The van der Waals surface area contributed by atoms with E-state index in [1.807, 2.05) is 64.2 Å². The van der Waals surface area contributed by atoms with Gasteiger partial charge in [-0.25, -0.2) is 9.48 Å². The lowest BCUT2D eigenvalue weighted by Crippen LogP contribution is -2.35. The Kier molecular flexibility index (Phi) is 5.77. The Bertz CT molecular complexity index is 734. The molecule has 0 spiro atoms. The number of hydrogen-bond acceptors (Lipinski definition) is 3.